The molecule has 1 amide bonds. The van der Waals surface area contributed by atoms with E-state index in [2.05, 4.69) is 10.0 Å². The monoisotopic (exact) mass is 434 g/mol. The topological polar surface area (TPSA) is 84.5 Å². The van der Waals surface area contributed by atoms with Gasteiger partial charge in [-0.05, 0) is 47.3 Å². The van der Waals surface area contributed by atoms with Crippen molar-refractivity contribution in [3.63, 3.8) is 0 Å². The fourth-order valence-electron chi connectivity index (χ4n) is 2.77. The number of sulfonamides is 1. The number of halogens is 1. The second-order valence-corrected chi connectivity index (χ2v) is 8.86. The molecular formula is C20H19FN2O4S2. The van der Waals surface area contributed by atoms with Crippen molar-refractivity contribution in [1.82, 2.24) is 4.72 Å². The van der Waals surface area contributed by atoms with Gasteiger partial charge in [-0.2, -0.15) is 4.72 Å². The van der Waals surface area contributed by atoms with Crippen molar-refractivity contribution in [2.45, 2.75) is 17.9 Å². The van der Waals surface area contributed by atoms with Crippen LogP contribution in [0.2, 0.25) is 0 Å². The first-order valence-corrected chi connectivity index (χ1v) is 10.9. The van der Waals surface area contributed by atoms with E-state index in [1.807, 2.05) is 11.4 Å². The van der Waals surface area contributed by atoms with Crippen LogP contribution in [0.25, 0.3) is 0 Å². The minimum Gasteiger partial charge on any atom is -0.495 e. The van der Waals surface area contributed by atoms with E-state index in [1.165, 1.54) is 55.7 Å². The van der Waals surface area contributed by atoms with Gasteiger partial charge in [0.1, 0.15) is 11.6 Å². The second kappa shape index (κ2) is 8.73. The molecule has 0 aliphatic heterocycles. The number of carbonyl (C=O) groups excluding carboxylic acids is 1. The maximum Gasteiger partial charge on any atom is 0.241 e. The zero-order chi connectivity index (χ0) is 21.0. The van der Waals surface area contributed by atoms with Gasteiger partial charge in [0, 0.05) is 11.8 Å². The first-order chi connectivity index (χ1) is 13.8. The Labute approximate surface area is 172 Å². The summed E-state index contributed by atoms with van der Waals surface area (Å²) < 4.78 is 47.3. The molecule has 0 spiro atoms. The smallest absolute Gasteiger partial charge is 0.241 e. The Kier molecular flexibility index (Phi) is 6.31. The van der Waals surface area contributed by atoms with Gasteiger partial charge < -0.3 is 10.1 Å². The third-order valence-corrected chi connectivity index (χ3v) is 6.45. The number of nitrogens with one attached hydrogen (secondary N) is 2. The van der Waals surface area contributed by atoms with Gasteiger partial charge in [0.25, 0.3) is 0 Å². The Bertz CT molecular complexity index is 1100. The molecule has 1 atom stereocenters. The highest BCUT2D eigenvalue weighted by molar-refractivity contribution is 7.89. The first kappa shape index (κ1) is 21.0. The Balaban J connectivity index is 1.99. The van der Waals surface area contributed by atoms with Gasteiger partial charge in [-0.3, -0.25) is 4.79 Å². The lowest BCUT2D eigenvalue weighted by atomic mass is 10.1. The zero-order valence-electron chi connectivity index (χ0n) is 15.7. The van der Waals surface area contributed by atoms with Crippen LogP contribution in [0.5, 0.6) is 5.75 Å². The van der Waals surface area contributed by atoms with Gasteiger partial charge in [0.05, 0.1) is 23.7 Å². The molecule has 2 aromatic carbocycles. The number of rotatable bonds is 7. The summed E-state index contributed by atoms with van der Waals surface area (Å²) in [7, 11) is -2.55. The molecule has 0 saturated carbocycles. The molecule has 0 saturated heterocycles. The third-order valence-electron chi connectivity index (χ3n) is 4.10. The predicted octanol–water partition coefficient (Wildman–Crippen LogP) is 3.92. The lowest BCUT2D eigenvalue weighted by Crippen LogP contribution is -2.29. The van der Waals surface area contributed by atoms with E-state index >= 15 is 0 Å². The summed E-state index contributed by atoms with van der Waals surface area (Å²) in [5.74, 6) is -0.419. The highest BCUT2D eigenvalue weighted by atomic mass is 32.2. The predicted molar refractivity (Wildman–Crippen MR) is 110 cm³/mol. The minimum atomic E-state index is -3.97. The molecular weight excluding hydrogens is 415 g/mol. The number of hydrogen-bond acceptors (Lipinski definition) is 5. The van der Waals surface area contributed by atoms with Crippen LogP contribution in [0.15, 0.2) is 64.9 Å². The van der Waals surface area contributed by atoms with Crippen molar-refractivity contribution >= 4 is 33.0 Å². The molecule has 29 heavy (non-hydrogen) atoms. The maximum absolute atomic E-state index is 13.3. The highest BCUT2D eigenvalue weighted by Crippen LogP contribution is 2.31. The average molecular weight is 435 g/mol. The average Bonchev–Trinajstić information content (AvgIpc) is 3.21. The number of hydrogen-bond donors (Lipinski definition) is 2. The molecule has 152 valence electrons. The molecule has 0 bridgehead atoms. The number of benzene rings is 2. The lowest BCUT2D eigenvalue weighted by molar-refractivity contribution is -0.114. The van der Waals surface area contributed by atoms with Crippen LogP contribution in [-0.4, -0.2) is 21.4 Å². The van der Waals surface area contributed by atoms with E-state index in [9.17, 15) is 17.6 Å². The largest absolute Gasteiger partial charge is 0.495 e. The summed E-state index contributed by atoms with van der Waals surface area (Å²) in [5, 5.41) is 4.40. The molecule has 0 aliphatic carbocycles. The van der Waals surface area contributed by atoms with Gasteiger partial charge in [-0.1, -0.05) is 18.2 Å². The fourth-order valence-corrected chi connectivity index (χ4v) is 4.87. The third kappa shape index (κ3) is 5.00. The summed E-state index contributed by atoms with van der Waals surface area (Å²) in [6.07, 6.45) is 0. The van der Waals surface area contributed by atoms with E-state index in [4.69, 9.17) is 4.74 Å². The molecule has 3 rings (SSSR count). The molecule has 1 unspecified atom stereocenters. The summed E-state index contributed by atoms with van der Waals surface area (Å²) in [5.41, 5.74) is 0.852. The van der Waals surface area contributed by atoms with Gasteiger partial charge >= 0.3 is 0 Å². The van der Waals surface area contributed by atoms with Gasteiger partial charge in [0.15, 0.2) is 0 Å². The molecule has 0 fully saturated rings. The molecule has 9 heteroatoms. The Morgan fingerprint density at radius 2 is 1.86 bits per heavy atom. The maximum atomic E-state index is 13.3. The fraction of sp³-hybridized carbons (Fsp3) is 0.150. The van der Waals surface area contributed by atoms with Crippen molar-refractivity contribution in [1.29, 1.82) is 0 Å². The Hall–Kier alpha value is -2.75. The van der Waals surface area contributed by atoms with E-state index < -0.39 is 21.9 Å². The number of thiophene rings is 1. The first-order valence-electron chi connectivity index (χ1n) is 8.57. The zero-order valence-corrected chi connectivity index (χ0v) is 17.3. The highest BCUT2D eigenvalue weighted by Gasteiger charge is 2.25. The van der Waals surface area contributed by atoms with Crippen LogP contribution in [-0.2, 0) is 14.8 Å². The van der Waals surface area contributed by atoms with E-state index in [1.54, 1.807) is 18.2 Å². The molecule has 3 aromatic rings. The summed E-state index contributed by atoms with van der Waals surface area (Å²) in [4.78, 5) is 12.2. The number of amides is 1. The number of carbonyl (C=O) groups is 1. The standard InChI is InChI=1S/C20H19FN2O4S2/c1-13(24)22-17-12-16(9-10-18(17)27-2)29(25,26)23-20(19-4-3-11-28-19)14-5-7-15(21)8-6-14/h3-12,20,23H,1-2H3,(H,22,24). The lowest BCUT2D eigenvalue weighted by Gasteiger charge is -2.19. The van der Waals surface area contributed by atoms with Crippen LogP contribution in [0.4, 0.5) is 10.1 Å². The van der Waals surface area contributed by atoms with Gasteiger partial charge in [0.2, 0.25) is 15.9 Å². The normalized spacial score (nSPS) is 12.4. The van der Waals surface area contributed by atoms with Crippen LogP contribution in [0, 0.1) is 5.82 Å². The molecule has 1 aromatic heterocycles. The van der Waals surface area contributed by atoms with Gasteiger partial charge in [-0.15, -0.1) is 11.3 Å². The van der Waals surface area contributed by atoms with Gasteiger partial charge in [-0.25, -0.2) is 12.8 Å². The van der Waals surface area contributed by atoms with Crippen molar-refractivity contribution in [2.75, 3.05) is 12.4 Å². The molecule has 1 heterocycles. The van der Waals surface area contributed by atoms with Crippen molar-refractivity contribution in [3.05, 3.63) is 76.2 Å². The Morgan fingerprint density at radius 3 is 2.45 bits per heavy atom. The van der Waals surface area contributed by atoms with E-state index in [-0.39, 0.29) is 16.5 Å². The quantitative estimate of drug-likeness (QED) is 0.590. The number of methoxy groups -OCH3 is 1. The van der Waals surface area contributed by atoms with Crippen molar-refractivity contribution < 1.29 is 22.3 Å². The number of ether oxygens (including phenoxy) is 1. The second-order valence-electron chi connectivity index (χ2n) is 6.16. The molecule has 0 aliphatic rings. The molecule has 6 nitrogen and oxygen atoms in total. The van der Waals surface area contributed by atoms with Crippen LogP contribution >= 0.6 is 11.3 Å². The molecule has 2 N–H and O–H groups in total. The Morgan fingerprint density at radius 1 is 1.14 bits per heavy atom. The van der Waals surface area contributed by atoms with Crippen molar-refractivity contribution in [3.8, 4) is 5.75 Å². The summed E-state index contributed by atoms with van der Waals surface area (Å²) in [6.45, 7) is 1.32. The summed E-state index contributed by atoms with van der Waals surface area (Å²) in [6, 6.07) is 12.8. The van der Waals surface area contributed by atoms with E-state index in [0.717, 1.165) is 4.88 Å². The van der Waals surface area contributed by atoms with E-state index in [0.29, 0.717) is 11.3 Å². The SMILES string of the molecule is COc1ccc(S(=O)(=O)NC(c2ccc(F)cc2)c2cccs2)cc1NC(C)=O. The van der Waals surface area contributed by atoms with Crippen molar-refractivity contribution in [2.24, 2.45) is 0 Å². The van der Waals surface area contributed by atoms with Crippen LogP contribution < -0.4 is 14.8 Å². The van der Waals surface area contributed by atoms with Crippen LogP contribution in [0.1, 0.15) is 23.4 Å². The summed E-state index contributed by atoms with van der Waals surface area (Å²) >= 11 is 1.39. The molecule has 0 radical (unpaired) electrons. The van der Waals surface area contributed by atoms with Crippen LogP contribution in [0.3, 0.4) is 0 Å². The minimum absolute atomic E-state index is 0.0364. The number of anilines is 1.